The lowest BCUT2D eigenvalue weighted by molar-refractivity contribution is 0.338. The average Bonchev–Trinajstić information content (AvgIpc) is 2.76. The van der Waals surface area contributed by atoms with E-state index >= 15 is 0 Å². The van der Waals surface area contributed by atoms with Crippen LogP contribution in [-0.4, -0.2) is 60.4 Å². The largest absolute Gasteiger partial charge is 0.369 e. The maximum Gasteiger partial charge on any atom is 0.224 e. The molecule has 5 N–H and O–H groups in total. The van der Waals surface area contributed by atoms with E-state index in [-0.39, 0.29) is 0 Å². The summed E-state index contributed by atoms with van der Waals surface area (Å²) in [7, 11) is 4.14. The van der Waals surface area contributed by atoms with E-state index in [0.717, 1.165) is 68.7 Å². The summed E-state index contributed by atoms with van der Waals surface area (Å²) in [6.07, 6.45) is 7.22. The van der Waals surface area contributed by atoms with Crippen LogP contribution in [0.4, 0.5) is 11.8 Å². The lowest BCUT2D eigenvalue weighted by Gasteiger charge is -2.26. The van der Waals surface area contributed by atoms with Crippen molar-refractivity contribution in [2.24, 2.45) is 11.7 Å². The van der Waals surface area contributed by atoms with Crippen molar-refractivity contribution in [3.63, 3.8) is 0 Å². The van der Waals surface area contributed by atoms with Crippen LogP contribution in [0.15, 0.2) is 36.5 Å². The molecule has 2 aromatic rings. The number of benzene rings is 1. The number of rotatable bonds is 10. The fourth-order valence-corrected chi connectivity index (χ4v) is 3.77. The highest BCUT2D eigenvalue weighted by atomic mass is 15.1. The number of hydrogen-bond donors (Lipinski definition) is 4. The van der Waals surface area contributed by atoms with Crippen LogP contribution in [-0.2, 0) is 0 Å². The van der Waals surface area contributed by atoms with Crippen molar-refractivity contribution in [1.29, 1.82) is 5.41 Å². The van der Waals surface area contributed by atoms with Crippen LogP contribution >= 0.6 is 0 Å². The molecule has 0 saturated heterocycles. The molecule has 7 heteroatoms. The smallest absolute Gasteiger partial charge is 0.224 e. The van der Waals surface area contributed by atoms with Crippen molar-refractivity contribution in [1.82, 2.24) is 14.9 Å². The van der Waals surface area contributed by atoms with Crippen LogP contribution in [0.25, 0.3) is 0 Å². The summed E-state index contributed by atoms with van der Waals surface area (Å²) in [5.41, 5.74) is 8.07. The zero-order valence-electron chi connectivity index (χ0n) is 18.2. The second kappa shape index (κ2) is 11.0. The van der Waals surface area contributed by atoms with Crippen LogP contribution < -0.4 is 16.4 Å². The summed E-state index contributed by atoms with van der Waals surface area (Å²) in [5, 5.41) is 15.5. The fraction of sp³-hybridized carbons (Fsp3) is 0.522. The molecule has 0 spiro atoms. The van der Waals surface area contributed by atoms with E-state index < -0.39 is 0 Å². The zero-order chi connectivity index (χ0) is 21.3. The summed E-state index contributed by atoms with van der Waals surface area (Å²) in [5.74, 6) is 1.92. The van der Waals surface area contributed by atoms with Gasteiger partial charge >= 0.3 is 0 Å². The molecule has 3 rings (SSSR count). The van der Waals surface area contributed by atoms with E-state index in [9.17, 15) is 0 Å². The highest BCUT2D eigenvalue weighted by Gasteiger charge is 2.20. The van der Waals surface area contributed by atoms with Crippen molar-refractivity contribution in [2.75, 3.05) is 44.4 Å². The second-order valence-electron chi connectivity index (χ2n) is 8.44. The minimum atomic E-state index is 0.347. The average molecular weight is 410 g/mol. The Hall–Kier alpha value is -2.51. The predicted molar refractivity (Wildman–Crippen MR) is 124 cm³/mol. The molecule has 1 aliphatic rings. The van der Waals surface area contributed by atoms with Gasteiger partial charge in [-0.15, -0.1) is 0 Å². The van der Waals surface area contributed by atoms with Crippen molar-refractivity contribution in [2.45, 2.75) is 38.1 Å². The molecular formula is C23H35N7. The molecule has 1 aromatic heterocycles. The lowest BCUT2D eigenvalue weighted by Crippen LogP contribution is -2.29. The molecule has 0 radical (unpaired) electrons. The quantitative estimate of drug-likeness (QED) is 0.355. The molecular weight excluding hydrogens is 374 g/mol. The van der Waals surface area contributed by atoms with Gasteiger partial charge in [-0.1, -0.05) is 30.3 Å². The molecule has 1 heterocycles. The van der Waals surface area contributed by atoms with Crippen LogP contribution in [0, 0.1) is 11.3 Å². The highest BCUT2D eigenvalue weighted by Crippen LogP contribution is 2.25. The van der Waals surface area contributed by atoms with Gasteiger partial charge in [-0.25, -0.2) is 4.98 Å². The first kappa shape index (κ1) is 22.2. The number of anilines is 2. The van der Waals surface area contributed by atoms with E-state index in [1.54, 1.807) is 6.20 Å². The summed E-state index contributed by atoms with van der Waals surface area (Å²) < 4.78 is 0. The molecule has 1 saturated carbocycles. The van der Waals surface area contributed by atoms with Gasteiger partial charge in [0.05, 0.1) is 11.3 Å². The fourth-order valence-electron chi connectivity index (χ4n) is 3.77. The van der Waals surface area contributed by atoms with Gasteiger partial charge in [-0.2, -0.15) is 4.98 Å². The SMILES string of the molecule is CN(C)CCCNc1ncc(C(=N)c2ccccc2)c(NCC2CCC(N)CC2)n1. The minimum Gasteiger partial charge on any atom is -0.369 e. The van der Waals surface area contributed by atoms with Gasteiger partial charge in [0.1, 0.15) is 5.82 Å². The van der Waals surface area contributed by atoms with Crippen LogP contribution in [0.5, 0.6) is 0 Å². The Labute approximate surface area is 180 Å². The Kier molecular flexibility index (Phi) is 8.16. The van der Waals surface area contributed by atoms with Gasteiger partial charge in [-0.05, 0) is 58.7 Å². The van der Waals surface area contributed by atoms with Crippen LogP contribution in [0.3, 0.4) is 0 Å². The van der Waals surface area contributed by atoms with Crippen molar-refractivity contribution in [3.8, 4) is 0 Å². The summed E-state index contributed by atoms with van der Waals surface area (Å²) in [6.45, 7) is 2.67. The number of nitrogens with two attached hydrogens (primary N) is 1. The Balaban J connectivity index is 1.72. The highest BCUT2D eigenvalue weighted by molar-refractivity contribution is 6.13. The zero-order valence-corrected chi connectivity index (χ0v) is 18.2. The Morgan fingerprint density at radius 2 is 1.87 bits per heavy atom. The molecule has 1 aliphatic carbocycles. The summed E-state index contributed by atoms with van der Waals surface area (Å²) in [6, 6.07) is 10.1. The van der Waals surface area contributed by atoms with E-state index in [1.165, 1.54) is 0 Å². The Morgan fingerprint density at radius 1 is 1.13 bits per heavy atom. The van der Waals surface area contributed by atoms with Gasteiger partial charge in [-0.3, -0.25) is 5.41 Å². The monoisotopic (exact) mass is 409 g/mol. The molecule has 0 aliphatic heterocycles. The van der Waals surface area contributed by atoms with Crippen molar-refractivity contribution < 1.29 is 0 Å². The van der Waals surface area contributed by atoms with E-state index in [1.807, 2.05) is 30.3 Å². The molecule has 0 unspecified atom stereocenters. The molecule has 7 nitrogen and oxygen atoms in total. The normalized spacial score (nSPS) is 18.9. The van der Waals surface area contributed by atoms with E-state index in [2.05, 4.69) is 34.6 Å². The minimum absolute atomic E-state index is 0.347. The lowest BCUT2D eigenvalue weighted by atomic mass is 9.86. The number of hydrogen-bond acceptors (Lipinski definition) is 7. The topological polar surface area (TPSA) is 103 Å². The summed E-state index contributed by atoms with van der Waals surface area (Å²) in [4.78, 5) is 11.4. The molecule has 162 valence electrons. The number of aromatic nitrogens is 2. The van der Waals surface area contributed by atoms with Gasteiger partial charge in [0, 0.05) is 30.9 Å². The van der Waals surface area contributed by atoms with Crippen molar-refractivity contribution in [3.05, 3.63) is 47.7 Å². The number of nitrogens with one attached hydrogen (secondary N) is 3. The van der Waals surface area contributed by atoms with Crippen LogP contribution in [0.1, 0.15) is 43.2 Å². The first-order chi connectivity index (χ1) is 14.5. The maximum atomic E-state index is 8.68. The van der Waals surface area contributed by atoms with Gasteiger partial charge in [0.15, 0.2) is 0 Å². The van der Waals surface area contributed by atoms with E-state index in [0.29, 0.717) is 23.6 Å². The Morgan fingerprint density at radius 3 is 2.57 bits per heavy atom. The molecule has 30 heavy (non-hydrogen) atoms. The predicted octanol–water partition coefficient (Wildman–Crippen LogP) is 3.19. The van der Waals surface area contributed by atoms with E-state index in [4.69, 9.17) is 16.1 Å². The third-order valence-corrected chi connectivity index (χ3v) is 5.64. The second-order valence-corrected chi connectivity index (χ2v) is 8.44. The third kappa shape index (κ3) is 6.50. The maximum absolute atomic E-state index is 8.68. The molecule has 0 atom stereocenters. The standard InChI is InChI=1S/C23H35N7/c1-30(2)14-6-13-26-23-28-16-20(21(25)18-7-4-3-5-8-18)22(29-23)27-15-17-9-11-19(24)12-10-17/h3-5,7-8,16-17,19,25H,6,9-15,24H2,1-2H3,(H2,26,27,28,29). The van der Waals surface area contributed by atoms with Gasteiger partial charge < -0.3 is 21.3 Å². The Bertz CT molecular complexity index is 798. The van der Waals surface area contributed by atoms with Crippen molar-refractivity contribution >= 4 is 17.5 Å². The first-order valence-electron chi connectivity index (χ1n) is 10.9. The molecule has 0 amide bonds. The molecule has 0 bridgehead atoms. The summed E-state index contributed by atoms with van der Waals surface area (Å²) >= 11 is 0. The molecule has 1 aromatic carbocycles. The van der Waals surface area contributed by atoms with Gasteiger partial charge in [0.25, 0.3) is 0 Å². The molecule has 1 fully saturated rings. The van der Waals surface area contributed by atoms with Gasteiger partial charge in [0.2, 0.25) is 5.95 Å². The number of nitrogens with zero attached hydrogens (tertiary/aromatic N) is 3. The third-order valence-electron chi connectivity index (χ3n) is 5.64. The van der Waals surface area contributed by atoms with Crippen LogP contribution in [0.2, 0.25) is 0 Å². The first-order valence-corrected chi connectivity index (χ1v) is 10.9.